The number of ether oxygens (including phenoxy) is 1. The van der Waals surface area contributed by atoms with Crippen LogP contribution in [0.5, 0.6) is 0 Å². The number of nitrogens with zero attached hydrogens (tertiary/aromatic N) is 3. The van der Waals surface area contributed by atoms with E-state index in [9.17, 15) is 4.79 Å². The molecule has 3 heterocycles. The molecule has 1 amide bonds. The fourth-order valence-corrected chi connectivity index (χ4v) is 2.89. The lowest BCUT2D eigenvalue weighted by atomic mass is 9.93. The lowest BCUT2D eigenvalue weighted by molar-refractivity contribution is 0.0204. The zero-order valence-corrected chi connectivity index (χ0v) is 14.0. The van der Waals surface area contributed by atoms with Gasteiger partial charge in [0.05, 0.1) is 5.52 Å². The summed E-state index contributed by atoms with van der Waals surface area (Å²) in [5.41, 5.74) is 1.60. The zero-order chi connectivity index (χ0) is 16.4. The van der Waals surface area contributed by atoms with Crippen molar-refractivity contribution in [1.82, 2.24) is 14.9 Å². The van der Waals surface area contributed by atoms with E-state index in [1.54, 1.807) is 11.1 Å². The monoisotopic (exact) mass is 313 g/mol. The van der Waals surface area contributed by atoms with Crippen molar-refractivity contribution in [3.8, 4) is 0 Å². The lowest BCUT2D eigenvalue weighted by Crippen LogP contribution is -2.41. The third kappa shape index (κ3) is 3.78. The molecule has 0 bridgehead atoms. The van der Waals surface area contributed by atoms with Gasteiger partial charge in [-0.2, -0.15) is 0 Å². The molecule has 23 heavy (non-hydrogen) atoms. The molecule has 0 aromatic carbocycles. The highest BCUT2D eigenvalue weighted by Crippen LogP contribution is 2.28. The summed E-state index contributed by atoms with van der Waals surface area (Å²) in [6.07, 6.45) is 5.29. The molecular weight excluding hydrogens is 290 g/mol. The summed E-state index contributed by atoms with van der Waals surface area (Å²) in [6, 6.07) is 6.01. The maximum absolute atomic E-state index is 12.1. The van der Waals surface area contributed by atoms with Gasteiger partial charge in [-0.3, -0.25) is 9.97 Å². The summed E-state index contributed by atoms with van der Waals surface area (Å²) in [4.78, 5) is 22.9. The predicted molar refractivity (Wildman–Crippen MR) is 89.3 cm³/mol. The maximum atomic E-state index is 12.1. The van der Waals surface area contributed by atoms with Gasteiger partial charge >= 0.3 is 6.09 Å². The Morgan fingerprint density at radius 2 is 2.00 bits per heavy atom. The molecule has 2 aromatic heterocycles. The molecule has 1 saturated heterocycles. The molecule has 0 atom stereocenters. The summed E-state index contributed by atoms with van der Waals surface area (Å²) in [5, 5.41) is 1.06. The molecule has 5 nitrogen and oxygen atoms in total. The van der Waals surface area contributed by atoms with E-state index in [1.807, 2.05) is 39.1 Å². The van der Waals surface area contributed by atoms with Gasteiger partial charge in [-0.25, -0.2) is 4.79 Å². The number of carbonyl (C=O) groups is 1. The molecule has 0 aliphatic carbocycles. The smallest absolute Gasteiger partial charge is 0.410 e. The number of amides is 1. The van der Waals surface area contributed by atoms with E-state index < -0.39 is 5.60 Å². The van der Waals surface area contributed by atoms with Gasteiger partial charge in [0.15, 0.2) is 0 Å². The minimum absolute atomic E-state index is 0.218. The summed E-state index contributed by atoms with van der Waals surface area (Å²) in [7, 11) is 0. The molecule has 0 saturated carbocycles. The predicted octanol–water partition coefficient (Wildman–Crippen LogP) is 3.74. The largest absolute Gasteiger partial charge is 0.444 e. The number of pyridine rings is 2. The van der Waals surface area contributed by atoms with Crippen LogP contribution in [-0.4, -0.2) is 39.7 Å². The van der Waals surface area contributed by atoms with Crippen LogP contribution in [0.25, 0.3) is 10.9 Å². The first kappa shape index (κ1) is 15.7. The fraction of sp³-hybridized carbons (Fsp3) is 0.500. The van der Waals surface area contributed by atoms with Gasteiger partial charge in [-0.15, -0.1) is 0 Å². The number of aromatic nitrogens is 2. The zero-order valence-electron chi connectivity index (χ0n) is 14.0. The van der Waals surface area contributed by atoms with Gasteiger partial charge < -0.3 is 9.64 Å². The van der Waals surface area contributed by atoms with Crippen molar-refractivity contribution in [3.05, 3.63) is 36.3 Å². The van der Waals surface area contributed by atoms with Crippen LogP contribution in [0.3, 0.4) is 0 Å². The number of likely N-dealkylation sites (tertiary alicyclic amines) is 1. The van der Waals surface area contributed by atoms with Crippen LogP contribution in [-0.2, 0) is 4.74 Å². The Morgan fingerprint density at radius 3 is 2.70 bits per heavy atom. The molecule has 0 N–H and O–H groups in total. The SMILES string of the molecule is CC(C)(C)OC(=O)N1CCC(c2cc3ncccc3cn2)CC1. The number of piperidine rings is 1. The Bertz CT molecular complexity index is 701. The summed E-state index contributed by atoms with van der Waals surface area (Å²) in [6.45, 7) is 7.10. The molecule has 0 unspecified atom stereocenters. The Morgan fingerprint density at radius 1 is 1.26 bits per heavy atom. The quantitative estimate of drug-likeness (QED) is 0.804. The first-order valence-corrected chi connectivity index (χ1v) is 8.11. The minimum Gasteiger partial charge on any atom is -0.444 e. The van der Waals surface area contributed by atoms with Crippen LogP contribution < -0.4 is 0 Å². The highest BCUT2D eigenvalue weighted by atomic mass is 16.6. The van der Waals surface area contributed by atoms with Crippen molar-refractivity contribution in [2.45, 2.75) is 45.1 Å². The summed E-state index contributed by atoms with van der Waals surface area (Å²) in [5.74, 6) is 0.375. The van der Waals surface area contributed by atoms with E-state index in [0.717, 1.165) is 29.4 Å². The number of hydrogen-bond acceptors (Lipinski definition) is 4. The molecule has 2 aromatic rings. The third-order valence-corrected chi connectivity index (χ3v) is 4.07. The topological polar surface area (TPSA) is 55.3 Å². The van der Waals surface area contributed by atoms with E-state index in [-0.39, 0.29) is 6.09 Å². The average Bonchev–Trinajstić information content (AvgIpc) is 2.53. The Hall–Kier alpha value is -2.17. The first-order valence-electron chi connectivity index (χ1n) is 8.11. The van der Waals surface area contributed by atoms with Gasteiger partial charge in [-0.05, 0) is 51.8 Å². The minimum atomic E-state index is -0.445. The van der Waals surface area contributed by atoms with Gasteiger partial charge in [0.25, 0.3) is 0 Å². The van der Waals surface area contributed by atoms with Crippen LogP contribution in [0.15, 0.2) is 30.6 Å². The molecule has 3 rings (SSSR count). The second kappa shape index (κ2) is 6.14. The molecule has 0 radical (unpaired) electrons. The van der Waals surface area contributed by atoms with E-state index in [4.69, 9.17) is 4.74 Å². The van der Waals surface area contributed by atoms with Crippen molar-refractivity contribution < 1.29 is 9.53 Å². The van der Waals surface area contributed by atoms with Crippen molar-refractivity contribution >= 4 is 17.0 Å². The maximum Gasteiger partial charge on any atom is 0.410 e. The number of fused-ring (bicyclic) bond motifs is 1. The van der Waals surface area contributed by atoms with Gasteiger partial charge in [-0.1, -0.05) is 0 Å². The Kier molecular flexibility index (Phi) is 4.20. The lowest BCUT2D eigenvalue weighted by Gasteiger charge is -2.33. The van der Waals surface area contributed by atoms with Gasteiger partial charge in [0, 0.05) is 42.5 Å². The van der Waals surface area contributed by atoms with E-state index in [0.29, 0.717) is 19.0 Å². The van der Waals surface area contributed by atoms with Crippen LogP contribution in [0, 0.1) is 0 Å². The fourth-order valence-electron chi connectivity index (χ4n) is 2.89. The second-order valence-electron chi connectivity index (χ2n) is 7.05. The Balaban J connectivity index is 1.65. The average molecular weight is 313 g/mol. The van der Waals surface area contributed by atoms with Crippen molar-refractivity contribution in [1.29, 1.82) is 0 Å². The highest BCUT2D eigenvalue weighted by molar-refractivity contribution is 5.77. The summed E-state index contributed by atoms with van der Waals surface area (Å²) >= 11 is 0. The number of rotatable bonds is 1. The van der Waals surface area contributed by atoms with E-state index >= 15 is 0 Å². The van der Waals surface area contributed by atoms with Crippen LogP contribution in [0.2, 0.25) is 0 Å². The second-order valence-corrected chi connectivity index (χ2v) is 7.05. The van der Waals surface area contributed by atoms with Crippen LogP contribution >= 0.6 is 0 Å². The Labute approximate surface area is 136 Å². The first-order chi connectivity index (χ1) is 10.9. The molecule has 5 heteroatoms. The van der Waals surface area contributed by atoms with E-state index in [2.05, 4.69) is 16.0 Å². The third-order valence-electron chi connectivity index (χ3n) is 4.07. The molecular formula is C18H23N3O2. The highest BCUT2D eigenvalue weighted by Gasteiger charge is 2.28. The van der Waals surface area contributed by atoms with Gasteiger partial charge in [0.1, 0.15) is 5.60 Å². The normalized spacial score (nSPS) is 16.6. The molecule has 0 spiro atoms. The molecule has 1 fully saturated rings. The standard InChI is InChI=1S/C18H23N3O2/c1-18(2,3)23-17(22)21-9-6-13(7-10-21)15-11-16-14(12-20-15)5-4-8-19-16/h4-5,8,11-13H,6-7,9-10H2,1-3H3. The molecule has 122 valence electrons. The van der Waals surface area contributed by atoms with E-state index in [1.165, 1.54) is 0 Å². The summed E-state index contributed by atoms with van der Waals surface area (Å²) < 4.78 is 5.44. The number of carbonyl (C=O) groups excluding carboxylic acids is 1. The number of hydrogen-bond donors (Lipinski definition) is 0. The van der Waals surface area contributed by atoms with Crippen molar-refractivity contribution in [2.75, 3.05) is 13.1 Å². The molecule has 1 aliphatic rings. The van der Waals surface area contributed by atoms with Crippen LogP contribution in [0.4, 0.5) is 4.79 Å². The van der Waals surface area contributed by atoms with Crippen molar-refractivity contribution in [2.24, 2.45) is 0 Å². The van der Waals surface area contributed by atoms with Crippen LogP contribution in [0.1, 0.15) is 45.2 Å². The molecule has 1 aliphatic heterocycles. The van der Waals surface area contributed by atoms with Gasteiger partial charge in [0.2, 0.25) is 0 Å². The van der Waals surface area contributed by atoms with Crippen molar-refractivity contribution in [3.63, 3.8) is 0 Å².